The van der Waals surface area contributed by atoms with Crippen LogP contribution in [0.1, 0.15) is 0 Å². The molecule has 0 N–H and O–H groups in total. The number of hydrogen-bond acceptors (Lipinski definition) is 6. The van der Waals surface area contributed by atoms with Gasteiger partial charge in [-0.2, -0.15) is 0 Å². The zero-order valence-electron chi connectivity index (χ0n) is 14.4. The van der Waals surface area contributed by atoms with Crippen molar-refractivity contribution in [1.82, 2.24) is 0 Å². The Balaban J connectivity index is 1.93. The average Bonchev–Trinajstić information content (AvgIpc) is 2.67. The minimum absolute atomic E-state index is 0.0490. The van der Waals surface area contributed by atoms with Crippen molar-refractivity contribution in [3.63, 3.8) is 0 Å². The van der Waals surface area contributed by atoms with Crippen LogP contribution in [0.2, 0.25) is 0 Å². The molecule has 0 atom stereocenters. The number of hydrogen-bond donors (Lipinski definition) is 0. The van der Waals surface area contributed by atoms with E-state index >= 15 is 0 Å². The lowest BCUT2D eigenvalue weighted by atomic mass is 10.3. The smallest absolute Gasteiger partial charge is 0.172 e. The van der Waals surface area contributed by atoms with Crippen LogP contribution in [-0.4, -0.2) is 33.1 Å². The van der Waals surface area contributed by atoms with E-state index in [1.165, 1.54) is 0 Å². The highest BCUT2D eigenvalue weighted by Gasteiger charge is 2.07. The lowest BCUT2D eigenvalue weighted by Crippen LogP contribution is -2.08. The van der Waals surface area contributed by atoms with E-state index in [1.807, 2.05) is 24.3 Å². The molecule has 2 aromatic carbocycles. The van der Waals surface area contributed by atoms with Crippen LogP contribution >= 0.6 is 0 Å². The average molecular weight is 380 g/mol. The standard InChI is InChI=1S/C20H16N2O4S/c23-27(24)15-7-5-13-25-19-11-3-1-9-17(19)21-22-18-10-2-4-12-20(18)26-14-6-8-16-27/h1-4,9-12H,13-16H2. The minimum atomic E-state index is -3.37. The van der Waals surface area contributed by atoms with Crippen molar-refractivity contribution in [1.29, 1.82) is 0 Å². The second-order valence-electron chi connectivity index (χ2n) is 5.45. The maximum absolute atomic E-state index is 11.9. The number of nitrogens with zero attached hydrogens (tertiary/aromatic N) is 2. The molecule has 1 aliphatic rings. The molecule has 3 rings (SSSR count). The summed E-state index contributed by atoms with van der Waals surface area (Å²) in [7, 11) is -3.37. The summed E-state index contributed by atoms with van der Waals surface area (Å²) in [5, 5.41) is 8.48. The Morgan fingerprint density at radius 1 is 0.704 bits per heavy atom. The third-order valence-corrected chi connectivity index (χ3v) is 4.60. The number of rotatable bonds is 0. The van der Waals surface area contributed by atoms with Crippen molar-refractivity contribution in [3.8, 4) is 35.2 Å². The molecule has 0 spiro atoms. The summed E-state index contributed by atoms with van der Waals surface area (Å²) in [6.07, 6.45) is 0. The SMILES string of the molecule is O=S1(=O)CC#CCOc2ccccc2N=Nc2ccccc2OCC#CC1. The summed E-state index contributed by atoms with van der Waals surface area (Å²) in [6.45, 7) is 0.0981. The molecule has 0 saturated heterocycles. The van der Waals surface area contributed by atoms with E-state index < -0.39 is 9.84 Å². The molecule has 0 unspecified atom stereocenters. The maximum Gasteiger partial charge on any atom is 0.172 e. The lowest BCUT2D eigenvalue weighted by Gasteiger charge is -2.06. The highest BCUT2D eigenvalue weighted by atomic mass is 32.2. The molecular formula is C20H16N2O4S. The number of azo groups is 1. The number of ether oxygens (including phenoxy) is 2. The number of sulfone groups is 1. The monoisotopic (exact) mass is 380 g/mol. The van der Waals surface area contributed by atoms with Gasteiger partial charge in [0, 0.05) is 0 Å². The van der Waals surface area contributed by atoms with E-state index in [-0.39, 0.29) is 24.7 Å². The third-order valence-electron chi connectivity index (χ3n) is 3.43. The Kier molecular flexibility index (Phi) is 6.09. The van der Waals surface area contributed by atoms with Crippen molar-refractivity contribution in [2.45, 2.75) is 0 Å². The molecule has 7 heteroatoms. The topological polar surface area (TPSA) is 77.3 Å². The fourth-order valence-electron chi connectivity index (χ4n) is 2.13. The van der Waals surface area contributed by atoms with E-state index in [9.17, 15) is 8.42 Å². The van der Waals surface area contributed by atoms with Gasteiger partial charge >= 0.3 is 0 Å². The second kappa shape index (κ2) is 8.88. The van der Waals surface area contributed by atoms with Crippen molar-refractivity contribution in [2.24, 2.45) is 10.2 Å². The van der Waals surface area contributed by atoms with Gasteiger partial charge in [0.25, 0.3) is 0 Å². The Morgan fingerprint density at radius 3 is 1.63 bits per heavy atom. The number of fused-ring (bicyclic) bond motifs is 2. The largest absolute Gasteiger partial charge is 0.479 e. The molecule has 0 fully saturated rings. The van der Waals surface area contributed by atoms with Crippen molar-refractivity contribution in [2.75, 3.05) is 24.7 Å². The lowest BCUT2D eigenvalue weighted by molar-refractivity contribution is 0.370. The Morgan fingerprint density at radius 2 is 1.15 bits per heavy atom. The van der Waals surface area contributed by atoms with Gasteiger partial charge in [-0.15, -0.1) is 10.2 Å². The van der Waals surface area contributed by atoms with Crippen LogP contribution in [0.15, 0.2) is 58.8 Å². The normalized spacial score (nSPS) is 15.9. The molecule has 27 heavy (non-hydrogen) atoms. The summed E-state index contributed by atoms with van der Waals surface area (Å²) in [6, 6.07) is 14.3. The molecule has 6 nitrogen and oxygen atoms in total. The molecule has 1 aliphatic heterocycles. The quantitative estimate of drug-likeness (QED) is 0.657. The van der Waals surface area contributed by atoms with Gasteiger partial charge in [-0.25, -0.2) is 8.42 Å². The summed E-state index contributed by atoms with van der Waals surface area (Å²) in [5.41, 5.74) is 1.07. The van der Waals surface area contributed by atoms with Crippen molar-refractivity contribution in [3.05, 3.63) is 48.5 Å². The highest BCUT2D eigenvalue weighted by Crippen LogP contribution is 2.32. The first kappa shape index (κ1) is 18.5. The first-order chi connectivity index (χ1) is 13.1. The van der Waals surface area contributed by atoms with Crippen LogP contribution in [0.3, 0.4) is 0 Å². The van der Waals surface area contributed by atoms with Crippen LogP contribution < -0.4 is 9.47 Å². The van der Waals surface area contributed by atoms with E-state index in [4.69, 9.17) is 9.47 Å². The molecule has 0 amide bonds. The number of benzene rings is 2. The van der Waals surface area contributed by atoms with E-state index in [0.29, 0.717) is 22.9 Å². The van der Waals surface area contributed by atoms with Gasteiger partial charge in [-0.3, -0.25) is 0 Å². The van der Waals surface area contributed by atoms with Crippen LogP contribution in [0.25, 0.3) is 0 Å². The fourth-order valence-corrected chi connectivity index (χ4v) is 2.88. The minimum Gasteiger partial charge on any atom is -0.479 e. The zero-order chi connectivity index (χ0) is 19.0. The second-order valence-corrected chi connectivity index (χ2v) is 7.52. The van der Waals surface area contributed by atoms with Crippen LogP contribution in [0, 0.1) is 23.7 Å². The van der Waals surface area contributed by atoms with Crippen molar-refractivity contribution >= 4 is 21.2 Å². The first-order valence-corrected chi connectivity index (χ1v) is 9.93. The molecule has 0 bridgehead atoms. The molecular weight excluding hydrogens is 364 g/mol. The molecule has 1 heterocycles. The molecule has 2 aromatic rings. The third kappa shape index (κ3) is 5.60. The Bertz CT molecular complexity index is 991. The van der Waals surface area contributed by atoms with Gasteiger partial charge in [0.15, 0.2) is 9.84 Å². The van der Waals surface area contributed by atoms with Gasteiger partial charge in [-0.1, -0.05) is 47.9 Å². The Labute approximate surface area is 158 Å². The van der Waals surface area contributed by atoms with Gasteiger partial charge in [-0.05, 0) is 24.3 Å². The summed E-state index contributed by atoms with van der Waals surface area (Å²) in [5.74, 6) is 11.1. The van der Waals surface area contributed by atoms with Gasteiger partial charge in [0.2, 0.25) is 0 Å². The maximum atomic E-state index is 11.9. The molecule has 0 radical (unpaired) electrons. The summed E-state index contributed by atoms with van der Waals surface area (Å²) in [4.78, 5) is 0. The summed E-state index contributed by atoms with van der Waals surface area (Å²) >= 11 is 0. The predicted molar refractivity (Wildman–Crippen MR) is 102 cm³/mol. The summed E-state index contributed by atoms with van der Waals surface area (Å²) < 4.78 is 35.0. The van der Waals surface area contributed by atoms with E-state index in [0.717, 1.165) is 0 Å². The zero-order valence-corrected chi connectivity index (χ0v) is 15.2. The molecule has 0 aromatic heterocycles. The van der Waals surface area contributed by atoms with Crippen LogP contribution in [-0.2, 0) is 9.84 Å². The Hall–Kier alpha value is -3.29. The van der Waals surface area contributed by atoms with Gasteiger partial charge in [0.1, 0.15) is 47.6 Å². The first-order valence-electron chi connectivity index (χ1n) is 8.11. The van der Waals surface area contributed by atoms with E-state index in [1.54, 1.807) is 24.3 Å². The van der Waals surface area contributed by atoms with Gasteiger partial charge in [0.05, 0.1) is 0 Å². The number of para-hydroxylation sites is 2. The van der Waals surface area contributed by atoms with Gasteiger partial charge < -0.3 is 9.47 Å². The van der Waals surface area contributed by atoms with Crippen LogP contribution in [0.5, 0.6) is 11.5 Å². The predicted octanol–water partition coefficient (Wildman–Crippen LogP) is 3.29. The molecule has 0 aliphatic carbocycles. The molecule has 0 saturated carbocycles. The van der Waals surface area contributed by atoms with Crippen molar-refractivity contribution < 1.29 is 17.9 Å². The van der Waals surface area contributed by atoms with Crippen LogP contribution in [0.4, 0.5) is 11.4 Å². The van der Waals surface area contributed by atoms with E-state index in [2.05, 4.69) is 33.9 Å². The fraction of sp³-hybridized carbons (Fsp3) is 0.200. The molecule has 136 valence electrons. The highest BCUT2D eigenvalue weighted by molar-refractivity contribution is 7.91.